The number of benzene rings is 1. The standard InChI is InChI=1S/C10H11BrFNO2/c11-6-1-2-7-8(3-6)15-4-9(12)10(7,13)5-14/h1-3,9,14H,4-5,13H2/t9-,10+/m0/s1. The van der Waals surface area contributed by atoms with Crippen LogP contribution in [0.25, 0.3) is 0 Å². The van der Waals surface area contributed by atoms with Crippen LogP contribution in [0.4, 0.5) is 4.39 Å². The summed E-state index contributed by atoms with van der Waals surface area (Å²) in [5, 5.41) is 9.20. The van der Waals surface area contributed by atoms with Gasteiger partial charge in [-0.1, -0.05) is 22.0 Å². The molecule has 15 heavy (non-hydrogen) atoms. The Bertz CT molecular complexity index is 388. The molecule has 0 saturated carbocycles. The summed E-state index contributed by atoms with van der Waals surface area (Å²) in [5.74, 6) is 0.523. The SMILES string of the molecule is N[C@]1(CO)c2ccc(Br)cc2OC[C@@H]1F. The van der Waals surface area contributed by atoms with Crippen LogP contribution >= 0.6 is 15.9 Å². The fourth-order valence-electron chi connectivity index (χ4n) is 1.66. The van der Waals surface area contributed by atoms with E-state index in [1.54, 1.807) is 18.2 Å². The summed E-state index contributed by atoms with van der Waals surface area (Å²) in [6.45, 7) is -0.563. The molecule has 1 aliphatic rings. The molecule has 5 heteroatoms. The molecule has 3 nitrogen and oxygen atoms in total. The molecule has 1 aromatic carbocycles. The minimum Gasteiger partial charge on any atom is -0.490 e. The molecule has 0 aliphatic carbocycles. The molecular weight excluding hydrogens is 265 g/mol. The smallest absolute Gasteiger partial charge is 0.158 e. The number of rotatable bonds is 1. The molecule has 0 unspecified atom stereocenters. The predicted octanol–water partition coefficient (Wildman–Crippen LogP) is 1.33. The molecule has 2 atom stereocenters. The van der Waals surface area contributed by atoms with Crippen molar-refractivity contribution in [3.63, 3.8) is 0 Å². The lowest BCUT2D eigenvalue weighted by atomic mass is 9.85. The van der Waals surface area contributed by atoms with Crippen molar-refractivity contribution in [2.24, 2.45) is 5.73 Å². The summed E-state index contributed by atoms with van der Waals surface area (Å²) in [4.78, 5) is 0. The van der Waals surface area contributed by atoms with Gasteiger partial charge in [0.25, 0.3) is 0 Å². The minimum atomic E-state index is -1.39. The van der Waals surface area contributed by atoms with E-state index >= 15 is 0 Å². The van der Waals surface area contributed by atoms with Crippen molar-refractivity contribution in [2.45, 2.75) is 11.7 Å². The van der Waals surface area contributed by atoms with Gasteiger partial charge in [-0.05, 0) is 12.1 Å². The summed E-state index contributed by atoms with van der Waals surface area (Å²) in [6.07, 6.45) is -1.39. The van der Waals surface area contributed by atoms with Crippen molar-refractivity contribution in [3.8, 4) is 5.75 Å². The molecule has 1 heterocycles. The summed E-state index contributed by atoms with van der Waals surface area (Å²) >= 11 is 3.29. The Morgan fingerprint density at radius 2 is 2.40 bits per heavy atom. The second-order valence-corrected chi connectivity index (χ2v) is 4.53. The van der Waals surface area contributed by atoms with Gasteiger partial charge in [-0.15, -0.1) is 0 Å². The van der Waals surface area contributed by atoms with Crippen molar-refractivity contribution in [1.29, 1.82) is 0 Å². The Balaban J connectivity index is 2.53. The molecule has 82 valence electrons. The van der Waals surface area contributed by atoms with Gasteiger partial charge in [0, 0.05) is 10.0 Å². The first-order chi connectivity index (χ1) is 7.08. The molecule has 0 radical (unpaired) electrons. The fraction of sp³-hybridized carbons (Fsp3) is 0.400. The lowest BCUT2D eigenvalue weighted by Crippen LogP contribution is -2.53. The van der Waals surface area contributed by atoms with Gasteiger partial charge in [0.05, 0.1) is 6.61 Å². The van der Waals surface area contributed by atoms with Crippen molar-refractivity contribution in [2.75, 3.05) is 13.2 Å². The Labute approximate surface area is 95.2 Å². The fourth-order valence-corrected chi connectivity index (χ4v) is 2.00. The highest BCUT2D eigenvalue weighted by molar-refractivity contribution is 9.10. The van der Waals surface area contributed by atoms with Gasteiger partial charge < -0.3 is 15.6 Å². The van der Waals surface area contributed by atoms with Crippen LogP contribution in [-0.2, 0) is 5.54 Å². The Kier molecular flexibility index (Phi) is 2.70. The van der Waals surface area contributed by atoms with E-state index in [0.717, 1.165) is 4.47 Å². The second kappa shape index (κ2) is 3.73. The topological polar surface area (TPSA) is 55.5 Å². The maximum Gasteiger partial charge on any atom is 0.158 e. The Morgan fingerprint density at radius 3 is 3.07 bits per heavy atom. The Hall–Kier alpha value is -0.650. The predicted molar refractivity (Wildman–Crippen MR) is 57.5 cm³/mol. The average Bonchev–Trinajstić information content (AvgIpc) is 2.23. The van der Waals surface area contributed by atoms with Gasteiger partial charge in [-0.2, -0.15) is 0 Å². The van der Waals surface area contributed by atoms with Crippen molar-refractivity contribution in [3.05, 3.63) is 28.2 Å². The normalized spacial score (nSPS) is 29.5. The molecule has 1 aromatic rings. The van der Waals surface area contributed by atoms with Crippen molar-refractivity contribution >= 4 is 15.9 Å². The number of ether oxygens (including phenoxy) is 1. The van der Waals surface area contributed by atoms with E-state index in [2.05, 4.69) is 15.9 Å². The lowest BCUT2D eigenvalue weighted by Gasteiger charge is -2.36. The van der Waals surface area contributed by atoms with Crippen molar-refractivity contribution in [1.82, 2.24) is 0 Å². The van der Waals surface area contributed by atoms with Crippen LogP contribution in [-0.4, -0.2) is 24.5 Å². The van der Waals surface area contributed by atoms with Gasteiger partial charge in [-0.25, -0.2) is 4.39 Å². The average molecular weight is 276 g/mol. The van der Waals surface area contributed by atoms with Crippen LogP contribution in [0.3, 0.4) is 0 Å². The van der Waals surface area contributed by atoms with Gasteiger partial charge in [-0.3, -0.25) is 0 Å². The summed E-state index contributed by atoms with van der Waals surface area (Å²) in [6, 6.07) is 5.14. The maximum atomic E-state index is 13.6. The number of nitrogens with two attached hydrogens (primary N) is 1. The van der Waals surface area contributed by atoms with E-state index in [1.807, 2.05) is 0 Å². The van der Waals surface area contributed by atoms with Crippen molar-refractivity contribution < 1.29 is 14.2 Å². The Morgan fingerprint density at radius 1 is 1.67 bits per heavy atom. The third-order valence-corrected chi connectivity index (χ3v) is 3.14. The second-order valence-electron chi connectivity index (χ2n) is 3.62. The monoisotopic (exact) mass is 275 g/mol. The summed E-state index contributed by atoms with van der Waals surface area (Å²) in [7, 11) is 0. The quantitative estimate of drug-likeness (QED) is 0.813. The number of aliphatic hydroxyl groups excluding tert-OH is 1. The third-order valence-electron chi connectivity index (χ3n) is 2.65. The number of fused-ring (bicyclic) bond motifs is 1. The van der Waals surface area contributed by atoms with Crippen LogP contribution < -0.4 is 10.5 Å². The molecule has 3 N–H and O–H groups in total. The largest absolute Gasteiger partial charge is 0.490 e. The molecule has 1 aliphatic heterocycles. The molecule has 0 amide bonds. The van der Waals surface area contributed by atoms with Gasteiger partial charge in [0.15, 0.2) is 6.17 Å². The van der Waals surface area contributed by atoms with Crippen LogP contribution in [0.5, 0.6) is 5.75 Å². The number of aliphatic hydroxyl groups is 1. The number of halogens is 2. The highest BCUT2D eigenvalue weighted by Gasteiger charge is 2.42. The molecule has 0 aromatic heterocycles. The number of hydrogen-bond donors (Lipinski definition) is 2. The van der Waals surface area contributed by atoms with E-state index in [9.17, 15) is 9.50 Å². The molecule has 0 saturated heterocycles. The van der Waals surface area contributed by atoms with E-state index in [0.29, 0.717) is 11.3 Å². The highest BCUT2D eigenvalue weighted by atomic mass is 79.9. The van der Waals surface area contributed by atoms with E-state index in [-0.39, 0.29) is 6.61 Å². The van der Waals surface area contributed by atoms with E-state index in [4.69, 9.17) is 10.5 Å². The van der Waals surface area contributed by atoms with E-state index in [1.165, 1.54) is 0 Å². The van der Waals surface area contributed by atoms with Crippen LogP contribution in [0, 0.1) is 0 Å². The number of hydrogen-bond acceptors (Lipinski definition) is 3. The van der Waals surface area contributed by atoms with Crippen LogP contribution in [0.1, 0.15) is 5.56 Å². The maximum absolute atomic E-state index is 13.6. The first-order valence-electron chi connectivity index (χ1n) is 4.54. The molecular formula is C10H11BrFNO2. The molecule has 0 fully saturated rings. The third kappa shape index (κ3) is 1.64. The summed E-state index contributed by atoms with van der Waals surface area (Å²) < 4.78 is 19.6. The zero-order valence-corrected chi connectivity index (χ0v) is 9.50. The molecule has 0 bridgehead atoms. The lowest BCUT2D eigenvalue weighted by molar-refractivity contribution is 0.0475. The zero-order chi connectivity index (χ0) is 11.1. The van der Waals surface area contributed by atoms with Crippen LogP contribution in [0.15, 0.2) is 22.7 Å². The van der Waals surface area contributed by atoms with Gasteiger partial charge >= 0.3 is 0 Å². The molecule has 2 rings (SSSR count). The summed E-state index contributed by atoms with van der Waals surface area (Å²) in [5.41, 5.74) is 5.00. The zero-order valence-electron chi connectivity index (χ0n) is 7.91. The minimum absolute atomic E-state index is 0.124. The molecule has 0 spiro atoms. The number of alkyl halides is 1. The van der Waals surface area contributed by atoms with Gasteiger partial charge in [0.2, 0.25) is 0 Å². The first kappa shape index (κ1) is 10.9. The van der Waals surface area contributed by atoms with Gasteiger partial charge in [0.1, 0.15) is 17.9 Å². The highest BCUT2D eigenvalue weighted by Crippen LogP contribution is 2.37. The van der Waals surface area contributed by atoms with Crippen LogP contribution in [0.2, 0.25) is 0 Å². The first-order valence-corrected chi connectivity index (χ1v) is 5.34. The van der Waals surface area contributed by atoms with E-state index < -0.39 is 18.3 Å².